The molecule has 0 unspecified atom stereocenters. The van der Waals surface area contributed by atoms with Crippen molar-refractivity contribution in [3.63, 3.8) is 0 Å². The normalized spacial score (nSPS) is 11.7. The lowest BCUT2D eigenvalue weighted by Crippen LogP contribution is -2.28. The number of hydrogen-bond donors (Lipinski definition) is 1. The van der Waals surface area contributed by atoms with Crippen LogP contribution >= 0.6 is 0 Å². The van der Waals surface area contributed by atoms with Crippen molar-refractivity contribution in [3.05, 3.63) is 24.0 Å². The van der Waals surface area contributed by atoms with Gasteiger partial charge in [-0.05, 0) is 39.8 Å². The first-order chi connectivity index (χ1) is 9.20. The summed E-state index contributed by atoms with van der Waals surface area (Å²) < 4.78 is 8.43. The zero-order valence-electron chi connectivity index (χ0n) is 12.5. The molecule has 2 heterocycles. The Morgan fingerprint density at radius 1 is 1.40 bits per heavy atom. The maximum atomic E-state index is 12.1. The first kappa shape index (κ1) is 14.2. The number of nitrogen functional groups attached to an aromatic ring is 1. The highest BCUT2D eigenvalue weighted by Crippen LogP contribution is 2.27. The number of nitrogens with zero attached hydrogens (tertiary/aromatic N) is 3. The molecule has 0 radical (unpaired) electrons. The number of ether oxygens (including phenoxy) is 1. The third-order valence-corrected chi connectivity index (χ3v) is 2.92. The van der Waals surface area contributed by atoms with Crippen molar-refractivity contribution in [1.82, 2.24) is 14.3 Å². The van der Waals surface area contributed by atoms with Gasteiger partial charge in [0.15, 0.2) is 0 Å². The SMILES string of the molecule is Cc1c(N)c(-c2cccn2C)nn1C(=O)OC(C)(C)C. The summed E-state index contributed by atoms with van der Waals surface area (Å²) in [6.07, 6.45) is 1.37. The number of nitrogens with two attached hydrogens (primary N) is 1. The molecule has 0 spiro atoms. The van der Waals surface area contributed by atoms with Crippen LogP contribution in [0.25, 0.3) is 11.4 Å². The van der Waals surface area contributed by atoms with Crippen molar-refractivity contribution in [2.75, 3.05) is 5.73 Å². The third-order valence-electron chi connectivity index (χ3n) is 2.92. The maximum Gasteiger partial charge on any atom is 0.435 e. The van der Waals surface area contributed by atoms with E-state index in [9.17, 15) is 4.79 Å². The lowest BCUT2D eigenvalue weighted by atomic mass is 10.2. The average Bonchev–Trinajstić information content (AvgIpc) is 2.83. The van der Waals surface area contributed by atoms with Gasteiger partial charge in [0.05, 0.1) is 17.1 Å². The van der Waals surface area contributed by atoms with Gasteiger partial charge in [-0.3, -0.25) is 0 Å². The molecule has 0 aliphatic heterocycles. The Hall–Kier alpha value is -2.24. The van der Waals surface area contributed by atoms with Gasteiger partial charge < -0.3 is 15.0 Å². The zero-order valence-corrected chi connectivity index (χ0v) is 12.5. The highest BCUT2D eigenvalue weighted by atomic mass is 16.6. The molecule has 2 aromatic rings. The second-order valence-corrected chi connectivity index (χ2v) is 5.74. The second-order valence-electron chi connectivity index (χ2n) is 5.74. The molecule has 2 N–H and O–H groups in total. The first-order valence-electron chi connectivity index (χ1n) is 6.41. The number of hydrogen-bond acceptors (Lipinski definition) is 4. The van der Waals surface area contributed by atoms with E-state index in [-0.39, 0.29) is 0 Å². The van der Waals surface area contributed by atoms with Gasteiger partial charge in [-0.15, -0.1) is 0 Å². The van der Waals surface area contributed by atoms with Gasteiger partial charge in [-0.25, -0.2) is 4.79 Å². The van der Waals surface area contributed by atoms with Gasteiger partial charge in [-0.1, -0.05) is 0 Å². The van der Waals surface area contributed by atoms with Crippen LogP contribution < -0.4 is 5.73 Å². The predicted molar refractivity (Wildman–Crippen MR) is 77.4 cm³/mol. The van der Waals surface area contributed by atoms with Crippen LogP contribution in [0.2, 0.25) is 0 Å². The molecule has 0 saturated carbocycles. The molecule has 0 aliphatic rings. The fourth-order valence-corrected chi connectivity index (χ4v) is 1.89. The summed E-state index contributed by atoms with van der Waals surface area (Å²) in [5, 5.41) is 4.29. The highest BCUT2D eigenvalue weighted by Gasteiger charge is 2.23. The summed E-state index contributed by atoms with van der Waals surface area (Å²) in [4.78, 5) is 12.1. The molecular formula is C14H20N4O2. The Morgan fingerprint density at radius 2 is 2.05 bits per heavy atom. The fraction of sp³-hybridized carbons (Fsp3) is 0.429. The van der Waals surface area contributed by atoms with E-state index in [1.165, 1.54) is 4.68 Å². The van der Waals surface area contributed by atoms with Crippen molar-refractivity contribution in [2.24, 2.45) is 7.05 Å². The number of carbonyl (C=O) groups is 1. The van der Waals surface area contributed by atoms with Crippen molar-refractivity contribution in [2.45, 2.75) is 33.3 Å². The predicted octanol–water partition coefficient (Wildman–Crippen LogP) is 2.56. The highest BCUT2D eigenvalue weighted by molar-refractivity contribution is 5.79. The summed E-state index contributed by atoms with van der Waals surface area (Å²) in [5.74, 6) is 0. The minimum atomic E-state index is -0.574. The smallest absolute Gasteiger partial charge is 0.435 e. The van der Waals surface area contributed by atoms with E-state index in [1.807, 2.05) is 50.7 Å². The first-order valence-corrected chi connectivity index (χ1v) is 6.41. The van der Waals surface area contributed by atoms with Crippen molar-refractivity contribution < 1.29 is 9.53 Å². The Morgan fingerprint density at radius 3 is 2.55 bits per heavy atom. The minimum Gasteiger partial charge on any atom is -0.442 e. The van der Waals surface area contributed by atoms with Crippen molar-refractivity contribution in [3.8, 4) is 11.4 Å². The summed E-state index contributed by atoms with van der Waals surface area (Å²) in [6.45, 7) is 7.18. The third kappa shape index (κ3) is 2.54. The number of anilines is 1. The van der Waals surface area contributed by atoms with Gasteiger partial charge in [0.25, 0.3) is 0 Å². The maximum absolute atomic E-state index is 12.1. The van der Waals surface area contributed by atoms with Crippen LogP contribution in [0.5, 0.6) is 0 Å². The molecule has 0 saturated heterocycles. The van der Waals surface area contributed by atoms with E-state index < -0.39 is 11.7 Å². The van der Waals surface area contributed by atoms with Gasteiger partial charge in [-0.2, -0.15) is 9.78 Å². The zero-order chi connectivity index (χ0) is 15.1. The van der Waals surface area contributed by atoms with E-state index >= 15 is 0 Å². The van der Waals surface area contributed by atoms with Crippen LogP contribution in [0.1, 0.15) is 26.5 Å². The quantitative estimate of drug-likeness (QED) is 0.868. The second kappa shape index (κ2) is 4.70. The Balaban J connectivity index is 2.43. The van der Waals surface area contributed by atoms with Crippen LogP contribution in [-0.2, 0) is 11.8 Å². The molecule has 0 fully saturated rings. The van der Waals surface area contributed by atoms with E-state index in [1.54, 1.807) is 6.92 Å². The molecule has 0 amide bonds. The van der Waals surface area contributed by atoms with Crippen LogP contribution in [0.3, 0.4) is 0 Å². The lowest BCUT2D eigenvalue weighted by molar-refractivity contribution is 0.0511. The average molecular weight is 276 g/mol. The van der Waals surface area contributed by atoms with Gasteiger partial charge in [0.2, 0.25) is 0 Å². The summed E-state index contributed by atoms with van der Waals surface area (Å²) in [6, 6.07) is 3.80. The molecule has 0 bridgehead atoms. The minimum absolute atomic E-state index is 0.484. The largest absolute Gasteiger partial charge is 0.442 e. The van der Waals surface area contributed by atoms with E-state index in [4.69, 9.17) is 10.5 Å². The fourth-order valence-electron chi connectivity index (χ4n) is 1.89. The molecule has 20 heavy (non-hydrogen) atoms. The van der Waals surface area contributed by atoms with Crippen LogP contribution in [0, 0.1) is 6.92 Å². The molecule has 0 aromatic carbocycles. The number of carbonyl (C=O) groups excluding carboxylic acids is 1. The van der Waals surface area contributed by atoms with Gasteiger partial charge in [0.1, 0.15) is 11.3 Å². The van der Waals surface area contributed by atoms with E-state index in [0.717, 1.165) is 5.69 Å². The molecule has 0 aliphatic carbocycles. The van der Waals surface area contributed by atoms with Crippen molar-refractivity contribution >= 4 is 11.8 Å². The van der Waals surface area contributed by atoms with E-state index in [0.29, 0.717) is 17.1 Å². The lowest BCUT2D eigenvalue weighted by Gasteiger charge is -2.19. The Kier molecular flexibility index (Phi) is 3.33. The summed E-state index contributed by atoms with van der Waals surface area (Å²) >= 11 is 0. The van der Waals surface area contributed by atoms with Crippen molar-refractivity contribution in [1.29, 1.82) is 0 Å². The van der Waals surface area contributed by atoms with Gasteiger partial charge >= 0.3 is 6.09 Å². The molecular weight excluding hydrogens is 256 g/mol. The van der Waals surface area contributed by atoms with Gasteiger partial charge in [0, 0.05) is 13.2 Å². The molecule has 2 aromatic heterocycles. The molecule has 6 nitrogen and oxygen atoms in total. The number of aryl methyl sites for hydroxylation is 1. The molecule has 2 rings (SSSR count). The molecule has 108 valence electrons. The van der Waals surface area contributed by atoms with E-state index in [2.05, 4.69) is 5.10 Å². The monoisotopic (exact) mass is 276 g/mol. The molecule has 6 heteroatoms. The Bertz CT molecular complexity index is 647. The number of rotatable bonds is 1. The summed E-state index contributed by atoms with van der Waals surface area (Å²) in [7, 11) is 1.90. The topological polar surface area (TPSA) is 75.1 Å². The Labute approximate surface area is 118 Å². The van der Waals surface area contributed by atoms with Crippen LogP contribution in [0.4, 0.5) is 10.5 Å². The van der Waals surface area contributed by atoms with Crippen LogP contribution in [-0.4, -0.2) is 26.0 Å². The summed E-state index contributed by atoms with van der Waals surface area (Å²) in [5.41, 5.74) is 7.99. The van der Waals surface area contributed by atoms with Crippen LogP contribution in [0.15, 0.2) is 18.3 Å². The standard InChI is InChI=1S/C14H20N4O2/c1-9-11(15)12(10-7-6-8-17(10)5)16-18(9)13(19)20-14(2,3)4/h6-8H,15H2,1-5H3. The molecule has 0 atom stereocenters. The number of aromatic nitrogens is 3.